The Morgan fingerprint density at radius 3 is 2.89 bits per heavy atom. The molecule has 144 valence electrons. The number of carboxylic acids is 1. The summed E-state index contributed by atoms with van der Waals surface area (Å²) in [5, 5.41) is 9.87. The van der Waals surface area contributed by atoms with Gasteiger partial charge in [0.15, 0.2) is 0 Å². The molecule has 1 atom stereocenters. The summed E-state index contributed by atoms with van der Waals surface area (Å²) < 4.78 is 19.3. The number of nitrogens with one attached hydrogen (secondary N) is 1. The molecule has 4 rings (SSSR count). The lowest BCUT2D eigenvalue weighted by Gasteiger charge is -2.19. The van der Waals surface area contributed by atoms with Crippen LogP contribution in [-0.2, 0) is 4.79 Å². The summed E-state index contributed by atoms with van der Waals surface area (Å²) >= 11 is 0. The van der Waals surface area contributed by atoms with E-state index >= 15 is 0 Å². The average Bonchev–Trinajstić information content (AvgIpc) is 3.12. The molecule has 2 N–H and O–H groups in total. The van der Waals surface area contributed by atoms with Gasteiger partial charge in [0.05, 0.1) is 7.11 Å². The zero-order valence-electron chi connectivity index (χ0n) is 15.5. The van der Waals surface area contributed by atoms with E-state index in [4.69, 9.17) is 9.84 Å². The molecule has 0 radical (unpaired) electrons. The minimum Gasteiger partial charge on any atom is -0.496 e. The molecule has 2 heterocycles. The number of halogens is 1. The highest BCUT2D eigenvalue weighted by Crippen LogP contribution is 2.38. The Balaban J connectivity index is 1.72. The van der Waals surface area contributed by atoms with Gasteiger partial charge in [-0.05, 0) is 66.6 Å². The molecular formula is C22H21FN2O3. The Bertz CT molecular complexity index is 1070. The van der Waals surface area contributed by atoms with Gasteiger partial charge in [0, 0.05) is 29.3 Å². The Morgan fingerprint density at radius 1 is 1.32 bits per heavy atom. The largest absolute Gasteiger partial charge is 0.496 e. The van der Waals surface area contributed by atoms with Crippen molar-refractivity contribution in [2.75, 3.05) is 7.11 Å². The molecular weight excluding hydrogens is 359 g/mol. The van der Waals surface area contributed by atoms with Crippen molar-refractivity contribution in [2.24, 2.45) is 5.92 Å². The van der Waals surface area contributed by atoms with Crippen molar-refractivity contribution in [3.8, 4) is 16.9 Å². The number of nitrogens with zero attached hydrogens (tertiary/aromatic N) is 1. The maximum atomic E-state index is 13.9. The third kappa shape index (κ3) is 3.50. The first kappa shape index (κ1) is 18.2. The number of aliphatic carboxylic acids is 1. The quantitative estimate of drug-likeness (QED) is 0.650. The molecule has 0 saturated carbocycles. The van der Waals surface area contributed by atoms with E-state index in [-0.39, 0.29) is 18.2 Å². The zero-order valence-corrected chi connectivity index (χ0v) is 15.5. The van der Waals surface area contributed by atoms with Gasteiger partial charge in [-0.1, -0.05) is 6.08 Å². The molecule has 28 heavy (non-hydrogen) atoms. The highest BCUT2D eigenvalue weighted by molar-refractivity contribution is 5.96. The number of carboxylic acid groups (broad SMARTS) is 1. The maximum Gasteiger partial charge on any atom is 0.303 e. The summed E-state index contributed by atoms with van der Waals surface area (Å²) in [6, 6.07) is 8.36. The predicted octanol–water partition coefficient (Wildman–Crippen LogP) is 5.04. The number of benzene rings is 1. The number of allylic oxidation sites excluding steroid dienone is 2. The number of ether oxygens (including phenoxy) is 1. The Labute approximate surface area is 161 Å². The van der Waals surface area contributed by atoms with Gasteiger partial charge in [0.25, 0.3) is 0 Å². The minimum atomic E-state index is -0.745. The summed E-state index contributed by atoms with van der Waals surface area (Å²) in [7, 11) is 1.57. The fourth-order valence-corrected chi connectivity index (χ4v) is 3.89. The third-order valence-electron chi connectivity index (χ3n) is 5.31. The first-order valence-corrected chi connectivity index (χ1v) is 9.28. The first-order chi connectivity index (χ1) is 13.5. The third-order valence-corrected chi connectivity index (χ3v) is 5.31. The topological polar surface area (TPSA) is 75.2 Å². The van der Waals surface area contributed by atoms with E-state index in [0.29, 0.717) is 11.3 Å². The Kier molecular flexibility index (Phi) is 4.86. The smallest absolute Gasteiger partial charge is 0.303 e. The van der Waals surface area contributed by atoms with Crippen molar-refractivity contribution in [2.45, 2.75) is 25.7 Å². The van der Waals surface area contributed by atoms with Gasteiger partial charge in [0.2, 0.25) is 0 Å². The molecule has 6 heteroatoms. The van der Waals surface area contributed by atoms with Crippen LogP contribution in [0.15, 0.2) is 42.6 Å². The van der Waals surface area contributed by atoms with Gasteiger partial charge in [-0.25, -0.2) is 9.37 Å². The molecule has 1 aromatic carbocycles. The summed E-state index contributed by atoms with van der Waals surface area (Å²) in [6.07, 6.45) is 6.45. The van der Waals surface area contributed by atoms with Gasteiger partial charge in [-0.3, -0.25) is 4.79 Å². The van der Waals surface area contributed by atoms with E-state index in [2.05, 4.69) is 16.0 Å². The second kappa shape index (κ2) is 7.46. The minimum absolute atomic E-state index is 0.191. The van der Waals surface area contributed by atoms with Crippen LogP contribution in [0.25, 0.3) is 27.7 Å². The number of carbonyl (C=O) groups is 1. The van der Waals surface area contributed by atoms with Crippen LogP contribution in [0, 0.1) is 11.7 Å². The fourth-order valence-electron chi connectivity index (χ4n) is 3.89. The SMILES string of the molecule is COc1ccc(F)cc1-c1ccnc2[nH]c(C3=CCC(CC(=O)O)CC3)cc12. The molecule has 0 spiro atoms. The molecule has 3 aromatic rings. The lowest BCUT2D eigenvalue weighted by molar-refractivity contribution is -0.138. The number of pyridine rings is 1. The van der Waals surface area contributed by atoms with Crippen LogP contribution in [0.2, 0.25) is 0 Å². The lowest BCUT2D eigenvalue weighted by atomic mass is 9.86. The van der Waals surface area contributed by atoms with E-state index < -0.39 is 5.97 Å². The van der Waals surface area contributed by atoms with Crippen LogP contribution in [0.1, 0.15) is 31.4 Å². The van der Waals surface area contributed by atoms with Crippen molar-refractivity contribution in [1.82, 2.24) is 9.97 Å². The number of hydrogen-bond donors (Lipinski definition) is 2. The first-order valence-electron chi connectivity index (χ1n) is 9.28. The van der Waals surface area contributed by atoms with Crippen LogP contribution in [0.3, 0.4) is 0 Å². The number of fused-ring (bicyclic) bond motifs is 1. The number of H-pyrrole nitrogens is 1. The molecule has 5 nitrogen and oxygen atoms in total. The van der Waals surface area contributed by atoms with Crippen molar-refractivity contribution in [3.05, 3.63) is 54.1 Å². The summed E-state index contributed by atoms with van der Waals surface area (Å²) in [5.41, 5.74) is 4.40. The molecule has 1 aliphatic rings. The number of hydrogen-bond acceptors (Lipinski definition) is 3. The second-order valence-corrected chi connectivity index (χ2v) is 7.12. The number of aromatic nitrogens is 2. The van der Waals surface area contributed by atoms with Gasteiger partial charge in [0.1, 0.15) is 17.2 Å². The number of aromatic amines is 1. The van der Waals surface area contributed by atoms with Gasteiger partial charge in [-0.15, -0.1) is 0 Å². The lowest BCUT2D eigenvalue weighted by Crippen LogP contribution is -2.10. The van der Waals surface area contributed by atoms with Gasteiger partial charge < -0.3 is 14.8 Å². The molecule has 0 aliphatic heterocycles. The predicted molar refractivity (Wildman–Crippen MR) is 106 cm³/mol. The normalized spacial score (nSPS) is 16.8. The molecule has 1 unspecified atom stereocenters. The second-order valence-electron chi connectivity index (χ2n) is 7.12. The van der Waals surface area contributed by atoms with Crippen LogP contribution in [0.4, 0.5) is 4.39 Å². The highest BCUT2D eigenvalue weighted by Gasteiger charge is 2.20. The summed E-state index contributed by atoms with van der Waals surface area (Å²) in [5.74, 6) is -0.276. The van der Waals surface area contributed by atoms with E-state index in [1.807, 2.05) is 12.1 Å². The van der Waals surface area contributed by atoms with Crippen molar-refractivity contribution >= 4 is 22.6 Å². The van der Waals surface area contributed by atoms with Crippen LogP contribution < -0.4 is 4.74 Å². The van der Waals surface area contributed by atoms with E-state index in [0.717, 1.165) is 47.1 Å². The van der Waals surface area contributed by atoms with Gasteiger partial charge in [-0.2, -0.15) is 0 Å². The van der Waals surface area contributed by atoms with Crippen molar-refractivity contribution in [3.63, 3.8) is 0 Å². The monoisotopic (exact) mass is 380 g/mol. The molecule has 1 aliphatic carbocycles. The number of methoxy groups -OCH3 is 1. The van der Waals surface area contributed by atoms with Crippen LogP contribution in [-0.4, -0.2) is 28.2 Å². The van der Waals surface area contributed by atoms with Crippen molar-refractivity contribution in [1.29, 1.82) is 0 Å². The molecule has 0 amide bonds. The van der Waals surface area contributed by atoms with Crippen LogP contribution in [0.5, 0.6) is 5.75 Å². The van der Waals surface area contributed by atoms with Gasteiger partial charge >= 0.3 is 5.97 Å². The Morgan fingerprint density at radius 2 is 2.18 bits per heavy atom. The standard InChI is InChI=1S/C22H21FN2O3/c1-28-20-7-6-15(23)11-17(20)16-8-9-24-22-18(16)12-19(25-22)14-4-2-13(3-5-14)10-21(26)27/h4,6-9,11-13H,2-3,5,10H2,1H3,(H,24,25)(H,26,27). The van der Waals surface area contributed by atoms with Crippen molar-refractivity contribution < 1.29 is 19.0 Å². The average molecular weight is 380 g/mol. The van der Waals surface area contributed by atoms with E-state index in [1.54, 1.807) is 19.4 Å². The van der Waals surface area contributed by atoms with Crippen LogP contribution >= 0.6 is 0 Å². The molecule has 0 fully saturated rings. The number of rotatable bonds is 5. The zero-order chi connectivity index (χ0) is 19.7. The molecule has 0 saturated heterocycles. The highest BCUT2D eigenvalue weighted by atomic mass is 19.1. The fraction of sp³-hybridized carbons (Fsp3) is 0.273. The Hall–Kier alpha value is -3.15. The van der Waals surface area contributed by atoms with E-state index in [1.165, 1.54) is 12.1 Å². The summed E-state index contributed by atoms with van der Waals surface area (Å²) in [4.78, 5) is 18.7. The van der Waals surface area contributed by atoms with E-state index in [9.17, 15) is 9.18 Å². The molecule has 0 bridgehead atoms. The summed E-state index contributed by atoms with van der Waals surface area (Å²) in [6.45, 7) is 0. The molecule has 2 aromatic heterocycles. The maximum absolute atomic E-state index is 13.9.